The number of fused-ring (bicyclic) bond motifs is 1. The largest absolute Gasteiger partial charge is 0.547 e. The van der Waals surface area contributed by atoms with Crippen LogP contribution in [0.15, 0.2) is 31.8 Å². The number of rotatable bonds is 6. The fourth-order valence-corrected chi connectivity index (χ4v) is 2.87. The molecular formula is C18H17BN2O8. The van der Waals surface area contributed by atoms with Gasteiger partial charge in [0.2, 0.25) is 5.91 Å². The summed E-state index contributed by atoms with van der Waals surface area (Å²) in [5.74, 6) is -2.28. The molecule has 1 unspecified atom stereocenters. The molecule has 10 nitrogen and oxygen atoms in total. The van der Waals surface area contributed by atoms with Crippen LogP contribution in [0, 0.1) is 18.3 Å². The first kappa shape index (κ1) is 20.2. The molecule has 1 amide bonds. The molecule has 1 aromatic heterocycles. The molecule has 3 rings (SSSR count). The van der Waals surface area contributed by atoms with Crippen molar-refractivity contribution in [2.75, 3.05) is 0 Å². The van der Waals surface area contributed by atoms with Gasteiger partial charge in [-0.3, -0.25) is 4.79 Å². The third-order valence-corrected chi connectivity index (χ3v) is 4.32. The fraction of sp³-hybridized carbons (Fsp3) is 0.333. The third kappa shape index (κ3) is 4.67. The van der Waals surface area contributed by atoms with Crippen molar-refractivity contribution in [1.82, 2.24) is 5.32 Å². The molecule has 1 aliphatic rings. The number of amides is 1. The molecule has 1 aliphatic heterocycles. The third-order valence-electron chi connectivity index (χ3n) is 4.32. The molecule has 0 radical (unpaired) electrons. The maximum Gasteiger partial charge on any atom is 0.547 e. The van der Waals surface area contributed by atoms with E-state index >= 15 is 0 Å². The number of aryl methyl sites for hydroxylation is 1. The quantitative estimate of drug-likeness (QED) is 0.526. The van der Waals surface area contributed by atoms with E-state index in [1.165, 1.54) is 13.0 Å². The van der Waals surface area contributed by atoms with Gasteiger partial charge in [0, 0.05) is 12.8 Å². The monoisotopic (exact) mass is 400 g/mol. The first-order chi connectivity index (χ1) is 13.9. The second kappa shape index (κ2) is 8.66. The lowest BCUT2D eigenvalue weighted by molar-refractivity contribution is -0.121. The zero-order chi connectivity index (χ0) is 21.0. The lowest BCUT2D eigenvalue weighted by Gasteiger charge is -2.29. The Morgan fingerprint density at radius 1 is 1.41 bits per heavy atom. The molecule has 2 heterocycles. The smallest absolute Gasteiger partial charge is 0.534 e. The van der Waals surface area contributed by atoms with Crippen molar-refractivity contribution >= 4 is 19.0 Å². The molecule has 1 atom stereocenters. The molecule has 2 aromatic rings. The van der Waals surface area contributed by atoms with Gasteiger partial charge in [-0.15, -0.1) is 0 Å². The van der Waals surface area contributed by atoms with E-state index in [0.717, 1.165) is 0 Å². The molecule has 0 fully saturated rings. The zero-order valence-electron chi connectivity index (χ0n) is 15.5. The lowest BCUT2D eigenvalue weighted by Crippen LogP contribution is -2.53. The Balaban J connectivity index is 1.71. The van der Waals surface area contributed by atoms with E-state index < -0.39 is 24.9 Å². The molecule has 29 heavy (non-hydrogen) atoms. The van der Waals surface area contributed by atoms with Gasteiger partial charge in [-0.1, -0.05) is 12.1 Å². The van der Waals surface area contributed by atoms with Gasteiger partial charge in [0.1, 0.15) is 11.3 Å². The molecule has 0 spiro atoms. The summed E-state index contributed by atoms with van der Waals surface area (Å²) in [5.41, 5.74) is 0.681. The second-order valence-electron chi connectivity index (χ2n) is 6.35. The SMILES string of the molecule is Cc1oc(=O)oc1COC(=O)c1cccc2c1OB(O)C(NC(=O)CCC#N)C2. The fourth-order valence-electron chi connectivity index (χ4n) is 2.87. The maximum atomic E-state index is 12.5. The molecule has 1 aromatic carbocycles. The molecule has 2 N–H and O–H groups in total. The Bertz CT molecular complexity index is 1020. The Labute approximate surface area is 165 Å². The van der Waals surface area contributed by atoms with E-state index in [4.69, 9.17) is 23.5 Å². The highest BCUT2D eigenvalue weighted by molar-refractivity contribution is 6.47. The van der Waals surface area contributed by atoms with Crippen LogP contribution in [-0.2, 0) is 22.6 Å². The van der Waals surface area contributed by atoms with Crippen LogP contribution in [0.25, 0.3) is 0 Å². The summed E-state index contributed by atoms with van der Waals surface area (Å²) in [4.78, 5) is 35.3. The van der Waals surface area contributed by atoms with Crippen LogP contribution in [0.4, 0.5) is 0 Å². The van der Waals surface area contributed by atoms with Crippen LogP contribution >= 0.6 is 0 Å². The highest BCUT2D eigenvalue weighted by atomic mass is 16.6. The van der Waals surface area contributed by atoms with Gasteiger partial charge in [-0.05, 0) is 25.0 Å². The van der Waals surface area contributed by atoms with E-state index in [1.807, 2.05) is 6.07 Å². The van der Waals surface area contributed by atoms with Gasteiger partial charge in [-0.25, -0.2) is 9.59 Å². The second-order valence-corrected chi connectivity index (χ2v) is 6.35. The molecule has 0 bridgehead atoms. The lowest BCUT2D eigenvalue weighted by atomic mass is 9.72. The summed E-state index contributed by atoms with van der Waals surface area (Å²) in [6.45, 7) is 1.20. The van der Waals surface area contributed by atoms with Crippen molar-refractivity contribution < 1.29 is 32.8 Å². The maximum absolute atomic E-state index is 12.5. The average Bonchev–Trinajstić information content (AvgIpc) is 3.01. The number of nitrogens with zero attached hydrogens (tertiary/aromatic N) is 1. The predicted molar refractivity (Wildman–Crippen MR) is 96.6 cm³/mol. The molecule has 0 saturated heterocycles. The minimum atomic E-state index is -1.38. The molecular weight excluding hydrogens is 383 g/mol. The summed E-state index contributed by atoms with van der Waals surface area (Å²) in [7, 11) is -1.38. The molecule has 150 valence electrons. The van der Waals surface area contributed by atoms with Crippen molar-refractivity contribution in [1.29, 1.82) is 5.26 Å². The number of carbonyl (C=O) groups excluding carboxylic acids is 2. The Kier molecular flexibility index (Phi) is 6.04. The number of carbonyl (C=O) groups is 2. The van der Waals surface area contributed by atoms with Crippen LogP contribution < -0.4 is 15.8 Å². The van der Waals surface area contributed by atoms with Crippen molar-refractivity contribution in [3.8, 4) is 11.8 Å². The summed E-state index contributed by atoms with van der Waals surface area (Å²) in [6.07, 6.45) is 0.312. The Morgan fingerprint density at radius 3 is 2.90 bits per heavy atom. The van der Waals surface area contributed by atoms with Crippen molar-refractivity contribution in [2.45, 2.75) is 38.7 Å². The molecule has 11 heteroatoms. The van der Waals surface area contributed by atoms with Gasteiger partial charge in [0.15, 0.2) is 18.1 Å². The van der Waals surface area contributed by atoms with Gasteiger partial charge in [0.05, 0.1) is 12.0 Å². The number of benzene rings is 1. The minimum absolute atomic E-state index is 0.0164. The van der Waals surface area contributed by atoms with Crippen LogP contribution in [0.5, 0.6) is 5.75 Å². The molecule has 0 aliphatic carbocycles. The van der Waals surface area contributed by atoms with Crippen LogP contribution in [0.2, 0.25) is 0 Å². The van der Waals surface area contributed by atoms with Crippen LogP contribution in [0.3, 0.4) is 0 Å². The van der Waals surface area contributed by atoms with Gasteiger partial charge < -0.3 is 28.6 Å². The first-order valence-corrected chi connectivity index (χ1v) is 8.78. The highest BCUT2D eigenvalue weighted by Crippen LogP contribution is 2.31. The highest BCUT2D eigenvalue weighted by Gasteiger charge is 2.37. The minimum Gasteiger partial charge on any atom is -0.534 e. The summed E-state index contributed by atoms with van der Waals surface area (Å²) in [5, 5.41) is 21.4. The number of nitriles is 1. The van der Waals surface area contributed by atoms with E-state index in [9.17, 15) is 19.4 Å². The summed E-state index contributed by atoms with van der Waals surface area (Å²) in [6, 6.07) is 6.67. The molecule has 0 saturated carbocycles. The van der Waals surface area contributed by atoms with Crippen molar-refractivity contribution in [3.05, 3.63) is 51.5 Å². The van der Waals surface area contributed by atoms with E-state index in [-0.39, 0.29) is 54.6 Å². The topological polar surface area (TPSA) is 152 Å². The standard InChI is InChI=1S/C18H17BN2O8/c1-10-13(28-18(24)27-10)9-26-17(23)12-5-2-4-11-8-14(19(25)29-16(11)12)21-15(22)6-3-7-20/h2,4-5,14,25H,3,6,8-9H2,1H3,(H,21,22). The van der Waals surface area contributed by atoms with Crippen LogP contribution in [0.1, 0.15) is 40.3 Å². The van der Waals surface area contributed by atoms with Gasteiger partial charge >= 0.3 is 18.9 Å². The average molecular weight is 400 g/mol. The van der Waals surface area contributed by atoms with E-state index in [2.05, 4.69) is 5.32 Å². The number of para-hydroxylation sites is 1. The van der Waals surface area contributed by atoms with Crippen molar-refractivity contribution in [2.24, 2.45) is 0 Å². The number of nitrogens with one attached hydrogen (secondary N) is 1. The Hall–Kier alpha value is -3.52. The number of hydrogen-bond acceptors (Lipinski definition) is 9. The summed E-state index contributed by atoms with van der Waals surface area (Å²) >= 11 is 0. The van der Waals surface area contributed by atoms with Crippen LogP contribution in [-0.4, -0.2) is 30.0 Å². The normalized spacial score (nSPS) is 15.1. The van der Waals surface area contributed by atoms with Crippen molar-refractivity contribution in [3.63, 3.8) is 0 Å². The first-order valence-electron chi connectivity index (χ1n) is 8.78. The number of ether oxygens (including phenoxy) is 1. The van der Waals surface area contributed by atoms with Gasteiger partial charge in [-0.2, -0.15) is 5.26 Å². The number of esters is 1. The summed E-state index contributed by atoms with van der Waals surface area (Å²) < 4.78 is 20.1. The Morgan fingerprint density at radius 2 is 2.21 bits per heavy atom. The van der Waals surface area contributed by atoms with E-state index in [0.29, 0.717) is 5.56 Å². The predicted octanol–water partition coefficient (Wildman–Crippen LogP) is 0.641. The van der Waals surface area contributed by atoms with Gasteiger partial charge in [0.25, 0.3) is 0 Å². The number of hydrogen-bond donors (Lipinski definition) is 2. The van der Waals surface area contributed by atoms with E-state index in [1.54, 1.807) is 12.1 Å². The zero-order valence-corrected chi connectivity index (χ0v) is 15.5.